The molecule has 0 heterocycles. The molecule has 0 N–H and O–H groups in total. The summed E-state index contributed by atoms with van der Waals surface area (Å²) in [5.74, 6) is 0.483. The molecule has 0 spiro atoms. The first kappa shape index (κ1) is 14.9. The molecule has 0 fully saturated rings. The van der Waals surface area contributed by atoms with E-state index in [0.717, 1.165) is 10.0 Å². The zero-order chi connectivity index (χ0) is 14.7. The molecule has 0 amide bonds. The SMILES string of the molecule is COc1cccc(C(=O)Oc2c(C)cc(Br)cc2Cl)c1. The van der Waals surface area contributed by atoms with Crippen LogP contribution in [0.5, 0.6) is 11.5 Å². The molecule has 2 aromatic rings. The first-order valence-corrected chi connectivity index (χ1v) is 7.00. The summed E-state index contributed by atoms with van der Waals surface area (Å²) in [6.07, 6.45) is 0. The molecule has 0 radical (unpaired) electrons. The molecular weight excluding hydrogens is 344 g/mol. The Kier molecular flexibility index (Phi) is 4.68. The number of halogens is 2. The van der Waals surface area contributed by atoms with Gasteiger partial charge in [0.05, 0.1) is 17.7 Å². The van der Waals surface area contributed by atoms with Crippen LogP contribution in [0.4, 0.5) is 0 Å². The number of carbonyl (C=O) groups is 1. The van der Waals surface area contributed by atoms with Gasteiger partial charge in [0.15, 0.2) is 5.75 Å². The van der Waals surface area contributed by atoms with Gasteiger partial charge in [-0.05, 0) is 42.8 Å². The summed E-state index contributed by atoms with van der Waals surface area (Å²) >= 11 is 9.43. The Labute approximate surface area is 130 Å². The van der Waals surface area contributed by atoms with E-state index in [9.17, 15) is 4.79 Å². The molecule has 104 valence electrons. The molecule has 0 aromatic heterocycles. The van der Waals surface area contributed by atoms with Gasteiger partial charge < -0.3 is 9.47 Å². The highest BCUT2D eigenvalue weighted by atomic mass is 79.9. The van der Waals surface area contributed by atoms with Crippen LogP contribution in [0, 0.1) is 6.92 Å². The summed E-state index contributed by atoms with van der Waals surface area (Å²) < 4.78 is 11.3. The normalized spacial score (nSPS) is 10.2. The highest BCUT2D eigenvalue weighted by Gasteiger charge is 2.14. The molecular formula is C15H12BrClO3. The second-order valence-corrected chi connectivity index (χ2v) is 5.48. The predicted molar refractivity (Wildman–Crippen MR) is 81.8 cm³/mol. The molecule has 2 aromatic carbocycles. The van der Waals surface area contributed by atoms with Gasteiger partial charge in [0, 0.05) is 4.47 Å². The Hall–Kier alpha value is -1.52. The lowest BCUT2D eigenvalue weighted by molar-refractivity contribution is 0.0733. The van der Waals surface area contributed by atoms with Crippen molar-refractivity contribution in [3.63, 3.8) is 0 Å². The molecule has 2 rings (SSSR count). The molecule has 0 bridgehead atoms. The van der Waals surface area contributed by atoms with Crippen molar-refractivity contribution >= 4 is 33.5 Å². The standard InChI is InChI=1S/C15H12BrClO3/c1-9-6-11(16)8-13(17)14(9)20-15(18)10-4-3-5-12(7-10)19-2/h3-8H,1-2H3. The summed E-state index contributed by atoms with van der Waals surface area (Å²) in [4.78, 5) is 12.1. The molecule has 0 saturated heterocycles. The number of benzene rings is 2. The summed E-state index contributed by atoms with van der Waals surface area (Å²) in [5.41, 5.74) is 1.18. The third-order valence-electron chi connectivity index (χ3n) is 2.69. The van der Waals surface area contributed by atoms with E-state index in [1.165, 1.54) is 0 Å². The minimum atomic E-state index is -0.476. The van der Waals surface area contributed by atoms with E-state index in [2.05, 4.69) is 15.9 Å². The fourth-order valence-corrected chi connectivity index (χ4v) is 2.73. The Morgan fingerprint density at radius 3 is 2.65 bits per heavy atom. The van der Waals surface area contributed by atoms with E-state index in [4.69, 9.17) is 21.1 Å². The fraction of sp³-hybridized carbons (Fsp3) is 0.133. The van der Waals surface area contributed by atoms with Crippen LogP contribution < -0.4 is 9.47 Å². The maximum Gasteiger partial charge on any atom is 0.343 e. The monoisotopic (exact) mass is 354 g/mol. The van der Waals surface area contributed by atoms with Crippen molar-refractivity contribution < 1.29 is 14.3 Å². The zero-order valence-corrected chi connectivity index (χ0v) is 13.3. The van der Waals surface area contributed by atoms with Crippen molar-refractivity contribution in [1.29, 1.82) is 0 Å². The number of methoxy groups -OCH3 is 1. The van der Waals surface area contributed by atoms with Gasteiger partial charge in [0.2, 0.25) is 0 Å². The lowest BCUT2D eigenvalue weighted by atomic mass is 10.2. The third-order valence-corrected chi connectivity index (χ3v) is 3.43. The van der Waals surface area contributed by atoms with Gasteiger partial charge in [-0.3, -0.25) is 0 Å². The lowest BCUT2D eigenvalue weighted by Crippen LogP contribution is -2.09. The molecule has 0 aliphatic heterocycles. The average molecular weight is 356 g/mol. The fourth-order valence-electron chi connectivity index (χ4n) is 1.72. The summed E-state index contributed by atoms with van der Waals surface area (Å²) in [5, 5.41) is 0.383. The van der Waals surface area contributed by atoms with E-state index in [1.807, 2.05) is 13.0 Å². The quantitative estimate of drug-likeness (QED) is 0.594. The summed E-state index contributed by atoms with van der Waals surface area (Å²) in [6.45, 7) is 1.82. The lowest BCUT2D eigenvalue weighted by Gasteiger charge is -2.10. The topological polar surface area (TPSA) is 35.5 Å². The van der Waals surface area contributed by atoms with E-state index >= 15 is 0 Å². The van der Waals surface area contributed by atoms with Crippen molar-refractivity contribution in [3.8, 4) is 11.5 Å². The van der Waals surface area contributed by atoms with Crippen molar-refractivity contribution in [1.82, 2.24) is 0 Å². The Bertz CT molecular complexity index is 632. The molecule has 0 aliphatic rings. The number of ether oxygens (including phenoxy) is 2. The number of rotatable bonds is 3. The van der Waals surface area contributed by atoms with E-state index in [1.54, 1.807) is 37.4 Å². The summed E-state index contributed by atoms with van der Waals surface area (Å²) in [6, 6.07) is 10.3. The zero-order valence-electron chi connectivity index (χ0n) is 10.9. The van der Waals surface area contributed by atoms with Crippen molar-refractivity contribution in [2.45, 2.75) is 6.92 Å². The molecule has 0 atom stereocenters. The smallest absolute Gasteiger partial charge is 0.343 e. The second-order valence-electron chi connectivity index (χ2n) is 4.16. The van der Waals surface area contributed by atoms with Crippen LogP contribution in [-0.2, 0) is 0 Å². The minimum Gasteiger partial charge on any atom is -0.497 e. The number of hydrogen-bond donors (Lipinski definition) is 0. The Morgan fingerprint density at radius 1 is 1.25 bits per heavy atom. The van der Waals surface area contributed by atoms with Crippen LogP contribution in [-0.4, -0.2) is 13.1 Å². The van der Waals surface area contributed by atoms with Crippen LogP contribution in [0.15, 0.2) is 40.9 Å². The van der Waals surface area contributed by atoms with Crippen molar-refractivity contribution in [2.24, 2.45) is 0 Å². The number of carbonyl (C=O) groups excluding carboxylic acids is 1. The summed E-state index contributed by atoms with van der Waals surface area (Å²) in [7, 11) is 1.54. The highest BCUT2D eigenvalue weighted by Crippen LogP contribution is 2.32. The number of hydrogen-bond acceptors (Lipinski definition) is 3. The largest absolute Gasteiger partial charge is 0.497 e. The predicted octanol–water partition coefficient (Wildman–Crippen LogP) is 4.64. The maximum atomic E-state index is 12.1. The van der Waals surface area contributed by atoms with Gasteiger partial charge in [0.25, 0.3) is 0 Å². The average Bonchev–Trinajstić information content (AvgIpc) is 2.42. The number of esters is 1. The van der Waals surface area contributed by atoms with Crippen molar-refractivity contribution in [3.05, 3.63) is 57.0 Å². The molecule has 20 heavy (non-hydrogen) atoms. The van der Waals surface area contributed by atoms with Crippen LogP contribution in [0.3, 0.4) is 0 Å². The van der Waals surface area contributed by atoms with Gasteiger partial charge in [-0.1, -0.05) is 33.6 Å². The molecule has 5 heteroatoms. The first-order chi connectivity index (χ1) is 9.51. The molecule has 0 unspecified atom stereocenters. The van der Waals surface area contributed by atoms with Crippen LogP contribution in [0.2, 0.25) is 5.02 Å². The number of aryl methyl sites for hydroxylation is 1. The maximum absolute atomic E-state index is 12.1. The minimum absolute atomic E-state index is 0.364. The Balaban J connectivity index is 2.28. The highest BCUT2D eigenvalue weighted by molar-refractivity contribution is 9.10. The molecule has 0 aliphatic carbocycles. The second kappa shape index (κ2) is 6.29. The van der Waals surface area contributed by atoms with E-state index < -0.39 is 5.97 Å². The Morgan fingerprint density at radius 2 is 2.00 bits per heavy atom. The van der Waals surface area contributed by atoms with Gasteiger partial charge in [0.1, 0.15) is 5.75 Å². The van der Waals surface area contributed by atoms with Gasteiger partial charge in [-0.15, -0.1) is 0 Å². The van der Waals surface area contributed by atoms with Gasteiger partial charge in [-0.25, -0.2) is 4.79 Å². The van der Waals surface area contributed by atoms with E-state index in [0.29, 0.717) is 22.1 Å². The van der Waals surface area contributed by atoms with Crippen LogP contribution >= 0.6 is 27.5 Å². The molecule has 3 nitrogen and oxygen atoms in total. The van der Waals surface area contributed by atoms with Crippen LogP contribution in [0.25, 0.3) is 0 Å². The van der Waals surface area contributed by atoms with Crippen molar-refractivity contribution in [2.75, 3.05) is 7.11 Å². The third kappa shape index (κ3) is 3.32. The van der Waals surface area contributed by atoms with Gasteiger partial charge >= 0.3 is 5.97 Å². The van der Waals surface area contributed by atoms with Gasteiger partial charge in [-0.2, -0.15) is 0 Å². The molecule has 0 saturated carbocycles. The van der Waals surface area contributed by atoms with Crippen LogP contribution in [0.1, 0.15) is 15.9 Å². The van der Waals surface area contributed by atoms with E-state index in [-0.39, 0.29) is 0 Å². The first-order valence-electron chi connectivity index (χ1n) is 5.83.